The molecular formula is C23H28Cl2N2O4. The minimum Gasteiger partial charge on any atom is -0.497 e. The van der Waals surface area contributed by atoms with Gasteiger partial charge in [-0.1, -0.05) is 42.6 Å². The third-order valence-electron chi connectivity index (χ3n) is 4.77. The van der Waals surface area contributed by atoms with E-state index in [1.54, 1.807) is 56.5 Å². The number of benzene rings is 2. The molecule has 0 unspecified atom stereocenters. The highest BCUT2D eigenvalue weighted by Crippen LogP contribution is 2.23. The van der Waals surface area contributed by atoms with Gasteiger partial charge in [0.1, 0.15) is 17.5 Å². The molecule has 168 valence electrons. The topological polar surface area (TPSA) is 67.9 Å². The summed E-state index contributed by atoms with van der Waals surface area (Å²) in [6.45, 7) is 4.24. The smallest absolute Gasteiger partial charge is 0.261 e. The molecule has 2 rings (SSSR count). The molecule has 8 heteroatoms. The minimum absolute atomic E-state index is 0.156. The Bertz CT molecular complexity index is 874. The van der Waals surface area contributed by atoms with Gasteiger partial charge >= 0.3 is 0 Å². The fourth-order valence-corrected chi connectivity index (χ4v) is 3.32. The fourth-order valence-electron chi connectivity index (χ4n) is 2.85. The molecule has 0 aromatic heterocycles. The molecule has 0 saturated carbocycles. The van der Waals surface area contributed by atoms with Crippen LogP contribution in [0.5, 0.6) is 11.5 Å². The lowest BCUT2D eigenvalue weighted by molar-refractivity contribution is -0.142. The molecule has 1 atom stereocenters. The Kier molecular flexibility index (Phi) is 9.95. The van der Waals surface area contributed by atoms with Crippen molar-refractivity contribution in [1.82, 2.24) is 10.2 Å². The van der Waals surface area contributed by atoms with Crippen molar-refractivity contribution in [1.29, 1.82) is 0 Å². The Balaban J connectivity index is 2.14. The van der Waals surface area contributed by atoms with Crippen LogP contribution in [0.2, 0.25) is 10.0 Å². The van der Waals surface area contributed by atoms with Gasteiger partial charge in [0.15, 0.2) is 6.61 Å². The van der Waals surface area contributed by atoms with Crippen LogP contribution in [-0.2, 0) is 16.1 Å². The number of unbranched alkanes of at least 4 members (excludes halogenated alkanes) is 1. The molecule has 2 aromatic rings. The molecule has 0 aliphatic carbocycles. The molecule has 1 N–H and O–H groups in total. The maximum atomic E-state index is 13.0. The third-order valence-corrected chi connectivity index (χ3v) is 5.36. The first-order valence-electron chi connectivity index (χ1n) is 10.1. The van der Waals surface area contributed by atoms with Crippen molar-refractivity contribution < 1.29 is 19.1 Å². The number of hydrogen-bond donors (Lipinski definition) is 1. The summed E-state index contributed by atoms with van der Waals surface area (Å²) >= 11 is 12.3. The van der Waals surface area contributed by atoms with Crippen LogP contribution in [0, 0.1) is 0 Å². The summed E-state index contributed by atoms with van der Waals surface area (Å²) in [7, 11) is 1.58. The second kappa shape index (κ2) is 12.4. The van der Waals surface area contributed by atoms with Crippen molar-refractivity contribution in [3.05, 3.63) is 58.1 Å². The zero-order valence-electron chi connectivity index (χ0n) is 18.0. The molecule has 2 amide bonds. The van der Waals surface area contributed by atoms with Gasteiger partial charge in [-0.25, -0.2) is 0 Å². The number of hydrogen-bond acceptors (Lipinski definition) is 4. The van der Waals surface area contributed by atoms with Crippen molar-refractivity contribution in [2.24, 2.45) is 0 Å². The molecule has 0 aliphatic heterocycles. The van der Waals surface area contributed by atoms with Gasteiger partial charge in [0.05, 0.1) is 7.11 Å². The number of amides is 2. The number of nitrogens with one attached hydrogen (secondary N) is 1. The van der Waals surface area contributed by atoms with Crippen molar-refractivity contribution in [2.75, 3.05) is 20.3 Å². The van der Waals surface area contributed by atoms with Crippen LogP contribution < -0.4 is 14.8 Å². The first kappa shape index (κ1) is 24.8. The first-order valence-corrected chi connectivity index (χ1v) is 10.9. The summed E-state index contributed by atoms with van der Waals surface area (Å²) in [6.07, 6.45) is 1.84. The normalized spacial score (nSPS) is 11.5. The largest absolute Gasteiger partial charge is 0.497 e. The lowest BCUT2D eigenvalue weighted by atomic mass is 10.1. The second-order valence-electron chi connectivity index (χ2n) is 7.04. The van der Waals surface area contributed by atoms with E-state index in [9.17, 15) is 9.59 Å². The first-order chi connectivity index (χ1) is 14.8. The van der Waals surface area contributed by atoms with E-state index in [4.69, 9.17) is 32.7 Å². The summed E-state index contributed by atoms with van der Waals surface area (Å²) in [4.78, 5) is 27.1. The molecule has 0 fully saturated rings. The monoisotopic (exact) mass is 466 g/mol. The summed E-state index contributed by atoms with van der Waals surface area (Å²) in [5.74, 6) is 0.657. The number of carbonyl (C=O) groups is 2. The Labute approximate surface area is 193 Å². The summed E-state index contributed by atoms with van der Waals surface area (Å²) in [6, 6.07) is 11.3. The molecule has 0 spiro atoms. The van der Waals surface area contributed by atoms with E-state index in [1.165, 1.54) is 4.90 Å². The van der Waals surface area contributed by atoms with E-state index >= 15 is 0 Å². The van der Waals surface area contributed by atoms with Gasteiger partial charge in [0, 0.05) is 23.1 Å². The number of ether oxygens (including phenoxy) is 2. The van der Waals surface area contributed by atoms with Gasteiger partial charge in [-0.15, -0.1) is 0 Å². The average Bonchev–Trinajstić information content (AvgIpc) is 2.77. The highest BCUT2D eigenvalue weighted by atomic mass is 35.5. The fraction of sp³-hybridized carbons (Fsp3) is 0.391. The van der Waals surface area contributed by atoms with Gasteiger partial charge in [-0.3, -0.25) is 9.59 Å². The molecule has 0 bridgehead atoms. The summed E-state index contributed by atoms with van der Waals surface area (Å²) in [5, 5.41) is 3.80. The van der Waals surface area contributed by atoms with E-state index in [-0.39, 0.29) is 25.0 Å². The maximum absolute atomic E-state index is 13.0. The average molecular weight is 467 g/mol. The van der Waals surface area contributed by atoms with Gasteiger partial charge in [0.2, 0.25) is 5.91 Å². The third kappa shape index (κ3) is 7.64. The van der Waals surface area contributed by atoms with Gasteiger partial charge in [-0.2, -0.15) is 0 Å². The van der Waals surface area contributed by atoms with Crippen molar-refractivity contribution >= 4 is 35.0 Å². The highest BCUT2D eigenvalue weighted by Gasteiger charge is 2.27. The molecule has 0 saturated heterocycles. The molecule has 0 aliphatic rings. The molecule has 2 aromatic carbocycles. The lowest BCUT2D eigenvalue weighted by Gasteiger charge is -2.29. The molecular weight excluding hydrogens is 439 g/mol. The SMILES string of the molecule is CCCCNC(=O)[C@H](C)N(Cc1ccc(Cl)cc1Cl)C(=O)COc1ccc(OC)cc1. The van der Waals surface area contributed by atoms with E-state index in [0.29, 0.717) is 33.7 Å². The van der Waals surface area contributed by atoms with Crippen LogP contribution in [0.15, 0.2) is 42.5 Å². The Morgan fingerprint density at radius 2 is 1.77 bits per heavy atom. The van der Waals surface area contributed by atoms with Crippen LogP contribution in [0.4, 0.5) is 0 Å². The second-order valence-corrected chi connectivity index (χ2v) is 7.89. The minimum atomic E-state index is -0.699. The lowest BCUT2D eigenvalue weighted by Crippen LogP contribution is -2.49. The van der Waals surface area contributed by atoms with E-state index in [1.807, 2.05) is 6.92 Å². The number of rotatable bonds is 11. The van der Waals surface area contributed by atoms with Crippen molar-refractivity contribution in [3.8, 4) is 11.5 Å². The van der Waals surface area contributed by atoms with Crippen LogP contribution in [-0.4, -0.2) is 43.0 Å². The van der Waals surface area contributed by atoms with Gasteiger partial charge in [-0.05, 0) is 55.3 Å². The van der Waals surface area contributed by atoms with Crippen LogP contribution >= 0.6 is 23.2 Å². The number of halogens is 2. The van der Waals surface area contributed by atoms with Crippen molar-refractivity contribution in [3.63, 3.8) is 0 Å². The van der Waals surface area contributed by atoms with Crippen LogP contribution in [0.25, 0.3) is 0 Å². The van der Waals surface area contributed by atoms with Gasteiger partial charge < -0.3 is 19.7 Å². The Hall–Kier alpha value is -2.44. The van der Waals surface area contributed by atoms with E-state index in [0.717, 1.165) is 12.8 Å². The zero-order chi connectivity index (χ0) is 22.8. The molecule has 6 nitrogen and oxygen atoms in total. The van der Waals surface area contributed by atoms with Crippen LogP contribution in [0.3, 0.4) is 0 Å². The Morgan fingerprint density at radius 1 is 1.10 bits per heavy atom. The number of carbonyl (C=O) groups excluding carboxylic acids is 2. The number of methoxy groups -OCH3 is 1. The van der Waals surface area contributed by atoms with E-state index < -0.39 is 6.04 Å². The predicted molar refractivity (Wildman–Crippen MR) is 123 cm³/mol. The molecule has 31 heavy (non-hydrogen) atoms. The highest BCUT2D eigenvalue weighted by molar-refractivity contribution is 6.35. The number of nitrogens with zero attached hydrogens (tertiary/aromatic N) is 1. The Morgan fingerprint density at radius 3 is 2.39 bits per heavy atom. The summed E-state index contributed by atoms with van der Waals surface area (Å²) in [5.41, 5.74) is 0.692. The maximum Gasteiger partial charge on any atom is 0.261 e. The standard InChI is InChI=1S/C23H28Cl2N2O4/c1-4-5-12-26-23(29)16(2)27(14-17-6-7-18(24)13-21(17)25)22(28)15-31-20-10-8-19(30-3)9-11-20/h6-11,13,16H,4-5,12,14-15H2,1-3H3,(H,26,29)/t16-/m0/s1. The molecule has 0 heterocycles. The quantitative estimate of drug-likeness (QED) is 0.486. The van der Waals surface area contributed by atoms with Gasteiger partial charge in [0.25, 0.3) is 5.91 Å². The molecule has 0 radical (unpaired) electrons. The van der Waals surface area contributed by atoms with Crippen LogP contribution in [0.1, 0.15) is 32.3 Å². The predicted octanol–water partition coefficient (Wildman–Crippen LogP) is 4.71. The van der Waals surface area contributed by atoms with E-state index in [2.05, 4.69) is 5.32 Å². The zero-order valence-corrected chi connectivity index (χ0v) is 19.5. The van der Waals surface area contributed by atoms with Crippen molar-refractivity contribution in [2.45, 2.75) is 39.3 Å². The summed E-state index contributed by atoms with van der Waals surface area (Å²) < 4.78 is 10.8.